The van der Waals surface area contributed by atoms with Gasteiger partial charge in [0.05, 0.1) is 0 Å². The van der Waals surface area contributed by atoms with Crippen LogP contribution in [0.3, 0.4) is 0 Å². The standard InChI is InChI=1S/C16H17N3O2/c20-16(13-4-2-1-3-5-13)19-10-7-14(8-11-19)21-15-6-9-17-12-18-15/h1-6,9,12,14H,7-8,10-11H2. The van der Waals surface area contributed by atoms with Crippen molar-refractivity contribution in [2.75, 3.05) is 13.1 Å². The van der Waals surface area contributed by atoms with Crippen molar-refractivity contribution in [2.24, 2.45) is 0 Å². The van der Waals surface area contributed by atoms with E-state index in [0.29, 0.717) is 19.0 Å². The second-order valence-corrected chi connectivity index (χ2v) is 5.02. The number of likely N-dealkylation sites (tertiary alicyclic amines) is 1. The van der Waals surface area contributed by atoms with Gasteiger partial charge in [-0.25, -0.2) is 9.97 Å². The van der Waals surface area contributed by atoms with Crippen LogP contribution in [-0.2, 0) is 0 Å². The average molecular weight is 283 g/mol. The lowest BCUT2D eigenvalue weighted by atomic mass is 10.1. The van der Waals surface area contributed by atoms with Gasteiger partial charge in [-0.2, -0.15) is 0 Å². The Morgan fingerprint density at radius 2 is 1.90 bits per heavy atom. The van der Waals surface area contributed by atoms with Gasteiger partial charge in [0.25, 0.3) is 5.91 Å². The Kier molecular flexibility index (Phi) is 4.09. The van der Waals surface area contributed by atoms with Gasteiger partial charge >= 0.3 is 0 Å². The Morgan fingerprint density at radius 1 is 1.14 bits per heavy atom. The fourth-order valence-electron chi connectivity index (χ4n) is 2.46. The first kappa shape index (κ1) is 13.5. The van der Waals surface area contributed by atoms with Crippen molar-refractivity contribution in [1.82, 2.24) is 14.9 Å². The minimum Gasteiger partial charge on any atom is -0.474 e. The second-order valence-electron chi connectivity index (χ2n) is 5.02. The summed E-state index contributed by atoms with van der Waals surface area (Å²) >= 11 is 0. The van der Waals surface area contributed by atoms with Crippen LogP contribution >= 0.6 is 0 Å². The first-order chi connectivity index (χ1) is 10.3. The molecular formula is C16H17N3O2. The van der Waals surface area contributed by atoms with E-state index in [1.54, 1.807) is 12.3 Å². The monoisotopic (exact) mass is 283 g/mol. The van der Waals surface area contributed by atoms with Gasteiger partial charge in [0.1, 0.15) is 12.4 Å². The molecule has 0 radical (unpaired) electrons. The topological polar surface area (TPSA) is 55.3 Å². The van der Waals surface area contributed by atoms with Crippen LogP contribution in [0.5, 0.6) is 5.88 Å². The summed E-state index contributed by atoms with van der Waals surface area (Å²) in [5.74, 6) is 0.689. The van der Waals surface area contributed by atoms with Crippen molar-refractivity contribution >= 4 is 5.91 Å². The zero-order chi connectivity index (χ0) is 14.5. The number of aromatic nitrogens is 2. The quantitative estimate of drug-likeness (QED) is 0.866. The van der Waals surface area contributed by atoms with Crippen LogP contribution < -0.4 is 4.74 Å². The van der Waals surface area contributed by atoms with Gasteiger partial charge in [-0.05, 0) is 12.1 Å². The molecule has 2 aromatic rings. The molecule has 0 atom stereocenters. The molecule has 0 saturated carbocycles. The van der Waals surface area contributed by atoms with E-state index in [0.717, 1.165) is 18.4 Å². The number of carbonyl (C=O) groups excluding carboxylic acids is 1. The van der Waals surface area contributed by atoms with Gasteiger partial charge in [0.15, 0.2) is 0 Å². The first-order valence-electron chi connectivity index (χ1n) is 7.10. The second kappa shape index (κ2) is 6.35. The summed E-state index contributed by atoms with van der Waals surface area (Å²) in [6.07, 6.45) is 4.89. The van der Waals surface area contributed by atoms with E-state index < -0.39 is 0 Å². The molecule has 5 nitrogen and oxygen atoms in total. The van der Waals surface area contributed by atoms with Crippen molar-refractivity contribution < 1.29 is 9.53 Å². The molecule has 2 heterocycles. The van der Waals surface area contributed by atoms with Gasteiger partial charge in [-0.3, -0.25) is 4.79 Å². The van der Waals surface area contributed by atoms with Crippen LogP contribution in [0.1, 0.15) is 23.2 Å². The molecule has 0 bridgehead atoms. The van der Waals surface area contributed by atoms with Crippen LogP contribution in [0.15, 0.2) is 48.9 Å². The van der Waals surface area contributed by atoms with E-state index in [9.17, 15) is 4.79 Å². The minimum atomic E-state index is 0.0936. The summed E-state index contributed by atoms with van der Waals surface area (Å²) in [6.45, 7) is 1.42. The van der Waals surface area contributed by atoms with Crippen molar-refractivity contribution in [2.45, 2.75) is 18.9 Å². The summed E-state index contributed by atoms with van der Waals surface area (Å²) in [5.41, 5.74) is 0.743. The summed E-state index contributed by atoms with van der Waals surface area (Å²) < 4.78 is 5.80. The van der Waals surface area contributed by atoms with Gasteiger partial charge < -0.3 is 9.64 Å². The molecule has 0 unspecified atom stereocenters. The lowest BCUT2D eigenvalue weighted by Gasteiger charge is -2.32. The van der Waals surface area contributed by atoms with Crippen molar-refractivity contribution in [3.05, 3.63) is 54.5 Å². The van der Waals surface area contributed by atoms with Gasteiger partial charge in [-0.15, -0.1) is 0 Å². The Bertz CT molecular complexity index is 581. The number of hydrogen-bond acceptors (Lipinski definition) is 4. The van der Waals surface area contributed by atoms with E-state index in [2.05, 4.69) is 9.97 Å². The van der Waals surface area contributed by atoms with Crippen LogP contribution in [0.25, 0.3) is 0 Å². The van der Waals surface area contributed by atoms with Gasteiger partial charge in [0, 0.05) is 43.8 Å². The number of benzene rings is 1. The zero-order valence-corrected chi connectivity index (χ0v) is 11.7. The molecule has 21 heavy (non-hydrogen) atoms. The number of piperidine rings is 1. The van der Waals surface area contributed by atoms with Crippen LogP contribution in [0, 0.1) is 0 Å². The molecule has 1 aromatic heterocycles. The maximum absolute atomic E-state index is 12.3. The molecule has 5 heteroatoms. The summed E-state index contributed by atoms with van der Waals surface area (Å²) in [5, 5.41) is 0. The molecule has 0 N–H and O–H groups in total. The minimum absolute atomic E-state index is 0.0936. The molecule has 0 spiro atoms. The van der Waals surface area contributed by atoms with Gasteiger partial charge in [-0.1, -0.05) is 18.2 Å². The predicted octanol–water partition coefficient (Wildman–Crippen LogP) is 2.16. The highest BCUT2D eigenvalue weighted by Gasteiger charge is 2.24. The molecule has 3 rings (SSSR count). The van der Waals surface area contributed by atoms with Crippen LogP contribution in [0.4, 0.5) is 0 Å². The average Bonchev–Trinajstić information content (AvgIpc) is 2.57. The summed E-state index contributed by atoms with van der Waals surface area (Å²) in [4.78, 5) is 22.1. The Labute approximate surface area is 123 Å². The first-order valence-corrected chi connectivity index (χ1v) is 7.10. The van der Waals surface area contributed by atoms with E-state index in [1.807, 2.05) is 35.2 Å². The van der Waals surface area contributed by atoms with Crippen molar-refractivity contribution in [1.29, 1.82) is 0 Å². The normalized spacial score (nSPS) is 15.7. The Balaban J connectivity index is 1.54. The van der Waals surface area contributed by atoms with Crippen molar-refractivity contribution in [3.63, 3.8) is 0 Å². The smallest absolute Gasteiger partial charge is 0.253 e. The van der Waals surface area contributed by atoms with Crippen LogP contribution in [0.2, 0.25) is 0 Å². The third-order valence-electron chi connectivity index (χ3n) is 3.59. The Hall–Kier alpha value is -2.43. The fourth-order valence-corrected chi connectivity index (χ4v) is 2.46. The molecule has 1 amide bonds. The largest absolute Gasteiger partial charge is 0.474 e. The third kappa shape index (κ3) is 3.37. The van der Waals surface area contributed by atoms with E-state index in [4.69, 9.17) is 4.74 Å². The van der Waals surface area contributed by atoms with Gasteiger partial charge in [0.2, 0.25) is 5.88 Å². The molecule has 0 aliphatic carbocycles. The SMILES string of the molecule is O=C(c1ccccc1)N1CCC(Oc2ccncn2)CC1. The highest BCUT2D eigenvalue weighted by Crippen LogP contribution is 2.18. The number of nitrogens with zero attached hydrogens (tertiary/aromatic N) is 3. The highest BCUT2D eigenvalue weighted by molar-refractivity contribution is 5.94. The maximum atomic E-state index is 12.3. The molecule has 1 aromatic carbocycles. The fraction of sp³-hybridized carbons (Fsp3) is 0.312. The molecule has 108 valence electrons. The zero-order valence-electron chi connectivity index (χ0n) is 11.7. The number of carbonyl (C=O) groups is 1. The molecule has 1 fully saturated rings. The lowest BCUT2D eigenvalue weighted by Crippen LogP contribution is -2.41. The molecule has 1 aliphatic heterocycles. The number of rotatable bonds is 3. The van der Waals surface area contributed by atoms with Crippen molar-refractivity contribution in [3.8, 4) is 5.88 Å². The number of hydrogen-bond donors (Lipinski definition) is 0. The maximum Gasteiger partial charge on any atom is 0.253 e. The highest BCUT2D eigenvalue weighted by atomic mass is 16.5. The van der Waals surface area contributed by atoms with Crippen LogP contribution in [-0.4, -0.2) is 40.0 Å². The Morgan fingerprint density at radius 3 is 2.57 bits per heavy atom. The number of amides is 1. The molecule has 1 saturated heterocycles. The van der Waals surface area contributed by atoms with E-state index in [1.165, 1.54) is 6.33 Å². The van der Waals surface area contributed by atoms with E-state index >= 15 is 0 Å². The predicted molar refractivity (Wildman–Crippen MR) is 78.0 cm³/mol. The van der Waals surface area contributed by atoms with E-state index in [-0.39, 0.29) is 12.0 Å². The summed E-state index contributed by atoms with van der Waals surface area (Å²) in [6, 6.07) is 11.1. The summed E-state index contributed by atoms with van der Waals surface area (Å²) in [7, 11) is 0. The lowest BCUT2D eigenvalue weighted by molar-refractivity contribution is 0.0587. The number of ether oxygens (including phenoxy) is 1. The molecule has 1 aliphatic rings. The third-order valence-corrected chi connectivity index (χ3v) is 3.59. The molecular weight excluding hydrogens is 266 g/mol.